The van der Waals surface area contributed by atoms with Crippen LogP contribution in [0.25, 0.3) is 21.8 Å². The molecule has 1 aromatic carbocycles. The molecule has 0 bridgehead atoms. The Bertz CT molecular complexity index is 1400. The summed E-state index contributed by atoms with van der Waals surface area (Å²) in [6, 6.07) is 7.31. The van der Waals surface area contributed by atoms with Gasteiger partial charge in [-0.3, -0.25) is 0 Å². The Morgan fingerprint density at radius 1 is 1.16 bits per heavy atom. The largest absolute Gasteiger partial charge is 0.497 e. The molecule has 0 saturated carbocycles. The van der Waals surface area contributed by atoms with E-state index in [-0.39, 0.29) is 23.5 Å². The molecule has 0 aliphatic carbocycles. The minimum Gasteiger partial charge on any atom is -0.497 e. The monoisotopic (exact) mass is 513 g/mol. The second kappa shape index (κ2) is 8.96. The zero-order valence-corrected chi connectivity index (χ0v) is 20.0. The van der Waals surface area contributed by atoms with E-state index in [0.29, 0.717) is 18.7 Å². The van der Waals surface area contributed by atoms with Crippen LogP contribution in [0.2, 0.25) is 0 Å². The smallest absolute Gasteiger partial charge is 0.335 e. The van der Waals surface area contributed by atoms with Crippen LogP contribution in [0.5, 0.6) is 5.75 Å². The van der Waals surface area contributed by atoms with Crippen LogP contribution in [-0.2, 0) is 27.2 Å². The maximum absolute atomic E-state index is 11.9. The molecule has 0 radical (unpaired) electrons. The quantitative estimate of drug-likeness (QED) is 0.263. The number of aliphatic carboxylic acids is 1. The topological polar surface area (TPSA) is 166 Å². The lowest BCUT2D eigenvalue weighted by Gasteiger charge is -2.39. The molecule has 11 nitrogen and oxygen atoms in total. The van der Waals surface area contributed by atoms with Crippen molar-refractivity contribution in [2.75, 3.05) is 6.61 Å². The summed E-state index contributed by atoms with van der Waals surface area (Å²) in [4.78, 5) is 15.4. The van der Waals surface area contributed by atoms with E-state index in [1.807, 2.05) is 25.3 Å². The Hall–Kier alpha value is -3.22. The van der Waals surface area contributed by atoms with Crippen molar-refractivity contribution < 1.29 is 49.1 Å². The average molecular weight is 514 g/mol. The van der Waals surface area contributed by atoms with E-state index in [9.17, 15) is 30.3 Å². The Morgan fingerprint density at radius 3 is 2.73 bits per heavy atom. The zero-order valence-electron chi connectivity index (χ0n) is 20.0. The van der Waals surface area contributed by atoms with Crippen LogP contribution in [-0.4, -0.2) is 79.9 Å². The average Bonchev–Trinajstić information content (AvgIpc) is 3.26. The fourth-order valence-electron chi connectivity index (χ4n) is 5.86. The zero-order chi connectivity index (χ0) is 26.0. The highest BCUT2D eigenvalue weighted by molar-refractivity contribution is 6.08. The van der Waals surface area contributed by atoms with Gasteiger partial charge in [-0.1, -0.05) is 0 Å². The van der Waals surface area contributed by atoms with Gasteiger partial charge in [0.1, 0.15) is 41.8 Å². The summed E-state index contributed by atoms with van der Waals surface area (Å²) in [6.45, 7) is 2.07. The van der Waals surface area contributed by atoms with Crippen LogP contribution in [0, 0.1) is 11.8 Å². The molecular weight excluding hydrogens is 484 g/mol. The van der Waals surface area contributed by atoms with E-state index in [1.165, 1.54) is 6.26 Å². The molecule has 196 valence electrons. The highest BCUT2D eigenvalue weighted by atomic mass is 16.7. The van der Waals surface area contributed by atoms with Gasteiger partial charge < -0.3 is 44.7 Å². The van der Waals surface area contributed by atoms with E-state index in [4.69, 9.17) is 14.2 Å². The Kier molecular flexibility index (Phi) is 5.85. The van der Waals surface area contributed by atoms with Crippen molar-refractivity contribution >= 4 is 27.8 Å². The lowest BCUT2D eigenvalue weighted by molar-refractivity contribution is -0.717. The van der Waals surface area contributed by atoms with Gasteiger partial charge in [-0.15, -0.1) is 0 Å². The predicted molar refractivity (Wildman–Crippen MR) is 127 cm³/mol. The van der Waals surface area contributed by atoms with Crippen molar-refractivity contribution in [3.8, 4) is 5.75 Å². The molecule has 11 heteroatoms. The molecule has 0 amide bonds. The predicted octanol–water partition coefficient (Wildman–Crippen LogP) is -0.0370. The molecule has 3 aliphatic rings. The lowest BCUT2D eigenvalue weighted by atomic mass is 9.76. The van der Waals surface area contributed by atoms with Crippen LogP contribution in [0.4, 0.5) is 0 Å². The molecule has 0 spiro atoms. The van der Waals surface area contributed by atoms with Gasteiger partial charge in [0.15, 0.2) is 12.7 Å². The number of hydrogen-bond acceptors (Lipinski definition) is 8. The standard InChI is InChI=1S/C26H28N2O9/c1-11-16-8-28-5-4-13-15-6-12(36-26-24(32)23(31)22(30)20(9-29)37-26)2-3-18(15)27-21(13)19(28)7-14(16)17(10-35-11)25(33)34/h2-6,10-11,14,16,20,22-24,26,29-32H,7-9H2,1H3,(H,33,34)/p+1/t11-,14-,16-,20+,22+,23-,24+,26+/m0/s1. The van der Waals surface area contributed by atoms with Crippen molar-refractivity contribution in [1.29, 1.82) is 0 Å². The number of nitrogens with one attached hydrogen (secondary N) is 1. The second-order valence-electron chi connectivity index (χ2n) is 10.0. The normalized spacial score (nSPS) is 33.4. The van der Waals surface area contributed by atoms with Gasteiger partial charge in [0.05, 0.1) is 24.4 Å². The van der Waals surface area contributed by atoms with Gasteiger partial charge in [-0.25, -0.2) is 9.36 Å². The molecule has 37 heavy (non-hydrogen) atoms. The first-order valence-electron chi connectivity index (χ1n) is 12.3. The van der Waals surface area contributed by atoms with Crippen molar-refractivity contribution in [3.63, 3.8) is 0 Å². The number of carboxylic acid groups (broad SMARTS) is 1. The van der Waals surface area contributed by atoms with Crippen molar-refractivity contribution in [2.45, 2.75) is 56.7 Å². The highest BCUT2D eigenvalue weighted by Gasteiger charge is 2.46. The molecule has 8 atom stereocenters. The molecule has 2 aromatic heterocycles. The van der Waals surface area contributed by atoms with E-state index in [1.54, 1.807) is 12.1 Å². The first kappa shape index (κ1) is 24.1. The van der Waals surface area contributed by atoms with E-state index >= 15 is 0 Å². The molecule has 1 saturated heterocycles. The number of H-pyrrole nitrogens is 1. The molecule has 6 N–H and O–H groups in total. The van der Waals surface area contributed by atoms with Gasteiger partial charge >= 0.3 is 5.97 Å². The van der Waals surface area contributed by atoms with Crippen molar-refractivity contribution in [1.82, 2.24) is 4.98 Å². The van der Waals surface area contributed by atoms with Crippen LogP contribution < -0.4 is 9.30 Å². The number of aromatic amines is 1. The minimum atomic E-state index is -1.53. The maximum atomic E-state index is 11.9. The summed E-state index contributed by atoms with van der Waals surface area (Å²) in [5.74, 6) is -0.705. The van der Waals surface area contributed by atoms with Crippen molar-refractivity contribution in [2.24, 2.45) is 11.8 Å². The number of nitrogens with zero attached hydrogens (tertiary/aromatic N) is 1. The SMILES string of the molecule is C[C@@H]1OC=C(C(=O)O)[C@H]2Cc3c4[nH]c5ccc(O[C@@H]6O[C@H](CO)[C@@H](O)[C@H](O)[C@H]6O)cc5c4cc[n+]3C[C@@H]12. The Labute approximate surface area is 211 Å². The number of aliphatic hydroxyl groups excluding tert-OH is 4. The van der Waals surface area contributed by atoms with E-state index in [0.717, 1.165) is 27.5 Å². The Balaban J connectivity index is 1.35. The van der Waals surface area contributed by atoms with Gasteiger partial charge in [0.2, 0.25) is 12.0 Å². The lowest BCUT2D eigenvalue weighted by Crippen LogP contribution is -2.60. The number of aromatic nitrogens is 2. The molecule has 1 fully saturated rings. The first-order chi connectivity index (χ1) is 17.8. The first-order valence-corrected chi connectivity index (χ1v) is 12.3. The van der Waals surface area contributed by atoms with E-state index < -0.39 is 43.3 Å². The fourth-order valence-corrected chi connectivity index (χ4v) is 5.86. The molecule has 3 aliphatic heterocycles. The maximum Gasteiger partial charge on any atom is 0.335 e. The van der Waals surface area contributed by atoms with Gasteiger partial charge in [-0.05, 0) is 25.1 Å². The number of carboxylic acids is 1. The number of fused-ring (bicyclic) bond motifs is 6. The van der Waals surface area contributed by atoms with Crippen LogP contribution in [0.3, 0.4) is 0 Å². The molecule has 3 aromatic rings. The Morgan fingerprint density at radius 2 is 1.97 bits per heavy atom. The number of aliphatic hydroxyl groups is 4. The summed E-state index contributed by atoms with van der Waals surface area (Å²) >= 11 is 0. The van der Waals surface area contributed by atoms with Crippen LogP contribution in [0.1, 0.15) is 12.6 Å². The number of benzene rings is 1. The molecule has 6 rings (SSSR count). The van der Waals surface area contributed by atoms with Gasteiger partial charge in [0.25, 0.3) is 0 Å². The fraction of sp³-hybridized carbons (Fsp3) is 0.462. The summed E-state index contributed by atoms with van der Waals surface area (Å²) in [5, 5.41) is 51.4. The number of pyridine rings is 1. The summed E-state index contributed by atoms with van der Waals surface area (Å²) in [6.07, 6.45) is -3.00. The summed E-state index contributed by atoms with van der Waals surface area (Å²) < 4.78 is 19.1. The number of hydrogen-bond donors (Lipinski definition) is 6. The third-order valence-electron chi connectivity index (χ3n) is 7.96. The third-order valence-corrected chi connectivity index (χ3v) is 7.96. The highest BCUT2D eigenvalue weighted by Crippen LogP contribution is 2.39. The second-order valence-corrected chi connectivity index (χ2v) is 10.0. The number of rotatable bonds is 4. The summed E-state index contributed by atoms with van der Waals surface area (Å²) in [7, 11) is 0. The van der Waals surface area contributed by atoms with Gasteiger partial charge in [0, 0.05) is 34.7 Å². The third kappa shape index (κ3) is 3.85. The minimum absolute atomic E-state index is 0.0500. The molecule has 0 unspecified atom stereocenters. The molecule has 5 heterocycles. The number of carbonyl (C=O) groups is 1. The van der Waals surface area contributed by atoms with Crippen LogP contribution in [0.15, 0.2) is 42.3 Å². The van der Waals surface area contributed by atoms with Crippen LogP contribution >= 0.6 is 0 Å². The van der Waals surface area contributed by atoms with Crippen molar-refractivity contribution in [3.05, 3.63) is 48.0 Å². The van der Waals surface area contributed by atoms with Gasteiger partial charge in [-0.2, -0.15) is 0 Å². The number of ether oxygens (including phenoxy) is 3. The summed E-state index contributed by atoms with van der Waals surface area (Å²) in [5.41, 5.74) is 3.05. The molecular formula is C26H29N2O9+. The van der Waals surface area contributed by atoms with E-state index in [2.05, 4.69) is 9.55 Å².